The third-order valence-corrected chi connectivity index (χ3v) is 6.07. The summed E-state index contributed by atoms with van der Waals surface area (Å²) in [6.07, 6.45) is 5.70. The average Bonchev–Trinajstić information content (AvgIpc) is 3.28. The normalized spacial score (nSPS) is 21.5. The van der Waals surface area contributed by atoms with Gasteiger partial charge in [-0.25, -0.2) is 0 Å². The first-order valence-corrected chi connectivity index (χ1v) is 10.1. The molecule has 29 heavy (non-hydrogen) atoms. The molecule has 1 saturated heterocycles. The van der Waals surface area contributed by atoms with Crippen molar-refractivity contribution in [2.24, 2.45) is 11.8 Å². The lowest BCUT2D eigenvalue weighted by atomic mass is 9.81. The van der Waals surface area contributed by atoms with Gasteiger partial charge >= 0.3 is 5.97 Å². The number of rotatable bonds is 6. The first-order chi connectivity index (χ1) is 14.0. The standard InChI is InChI=1S/C22H24N2O5/c1-2-13-6-5-9-14-17(10-23-20(13)14)18(25)12-29-19(26)11-24-21(27)15-7-3-4-8-16(15)22(24)28/h5-6,9-10,15-16,23H,2-4,7-8,11-12H2,1H3/t15-,16+. The number of ketones is 1. The van der Waals surface area contributed by atoms with Crippen molar-refractivity contribution in [2.75, 3.05) is 13.2 Å². The van der Waals surface area contributed by atoms with Gasteiger partial charge in [0.1, 0.15) is 6.54 Å². The maximum atomic E-state index is 12.6. The molecule has 0 bridgehead atoms. The van der Waals surface area contributed by atoms with Crippen LogP contribution in [0.2, 0.25) is 0 Å². The van der Waals surface area contributed by atoms with Crippen LogP contribution in [0.1, 0.15) is 48.5 Å². The number of aryl methyl sites for hydroxylation is 1. The molecule has 2 atom stereocenters. The molecule has 2 aliphatic rings. The fourth-order valence-corrected chi connectivity index (χ4v) is 4.53. The summed E-state index contributed by atoms with van der Waals surface area (Å²) >= 11 is 0. The number of imide groups is 1. The number of Topliss-reactive ketones (excluding diaryl/α,β-unsaturated/α-hetero) is 1. The summed E-state index contributed by atoms with van der Waals surface area (Å²) in [7, 11) is 0. The summed E-state index contributed by atoms with van der Waals surface area (Å²) in [5.41, 5.74) is 2.47. The van der Waals surface area contributed by atoms with E-state index in [4.69, 9.17) is 4.74 Å². The smallest absolute Gasteiger partial charge is 0.326 e. The van der Waals surface area contributed by atoms with Crippen LogP contribution in [0.5, 0.6) is 0 Å². The third kappa shape index (κ3) is 3.45. The molecule has 2 fully saturated rings. The Bertz CT molecular complexity index is 968. The SMILES string of the molecule is CCc1cccc2c(C(=O)COC(=O)CN3C(=O)[C@H]4CCCC[C@H]4C3=O)c[nH]c12. The van der Waals surface area contributed by atoms with Gasteiger partial charge < -0.3 is 9.72 Å². The molecular weight excluding hydrogens is 372 g/mol. The Balaban J connectivity index is 1.38. The van der Waals surface area contributed by atoms with Crippen LogP contribution in [0.15, 0.2) is 24.4 Å². The molecule has 4 rings (SSSR count). The number of H-pyrrole nitrogens is 1. The number of carbonyl (C=O) groups excluding carboxylic acids is 4. The van der Waals surface area contributed by atoms with Crippen molar-refractivity contribution in [3.8, 4) is 0 Å². The van der Waals surface area contributed by atoms with Crippen LogP contribution in [0.4, 0.5) is 0 Å². The van der Waals surface area contributed by atoms with E-state index in [-0.39, 0.29) is 29.4 Å². The average molecular weight is 396 g/mol. The zero-order valence-electron chi connectivity index (χ0n) is 16.4. The molecule has 7 nitrogen and oxygen atoms in total. The number of nitrogens with zero attached hydrogens (tertiary/aromatic N) is 1. The van der Waals surface area contributed by atoms with E-state index in [1.165, 1.54) is 0 Å². The van der Waals surface area contributed by atoms with Crippen LogP contribution in [0.3, 0.4) is 0 Å². The van der Waals surface area contributed by atoms with Crippen molar-refractivity contribution in [3.63, 3.8) is 0 Å². The molecule has 7 heteroatoms. The van der Waals surface area contributed by atoms with E-state index in [1.807, 2.05) is 25.1 Å². The van der Waals surface area contributed by atoms with E-state index in [2.05, 4.69) is 4.98 Å². The fourth-order valence-electron chi connectivity index (χ4n) is 4.53. The number of aromatic nitrogens is 1. The number of amides is 2. The molecule has 0 unspecified atom stereocenters. The Labute approximate surface area is 168 Å². The van der Waals surface area contributed by atoms with Crippen molar-refractivity contribution in [1.82, 2.24) is 9.88 Å². The molecule has 0 radical (unpaired) electrons. The van der Waals surface area contributed by atoms with Gasteiger partial charge in [-0.3, -0.25) is 24.1 Å². The van der Waals surface area contributed by atoms with Gasteiger partial charge in [-0.1, -0.05) is 38.0 Å². The number of ether oxygens (including phenoxy) is 1. The highest BCUT2D eigenvalue weighted by Gasteiger charge is 2.48. The number of likely N-dealkylation sites (tertiary alicyclic amines) is 1. The Morgan fingerprint density at radius 2 is 1.83 bits per heavy atom. The molecule has 1 aromatic carbocycles. The number of fused-ring (bicyclic) bond motifs is 2. The predicted octanol–water partition coefficient (Wildman–Crippen LogP) is 2.63. The summed E-state index contributed by atoms with van der Waals surface area (Å²) in [6, 6.07) is 5.74. The molecule has 1 N–H and O–H groups in total. The number of hydrogen-bond donors (Lipinski definition) is 1. The molecule has 2 aromatic rings. The summed E-state index contributed by atoms with van der Waals surface area (Å²) in [5, 5.41) is 0.791. The number of carbonyl (C=O) groups is 4. The summed E-state index contributed by atoms with van der Waals surface area (Å²) in [6.45, 7) is 1.19. The van der Waals surface area contributed by atoms with Crippen molar-refractivity contribution < 1.29 is 23.9 Å². The van der Waals surface area contributed by atoms with Crippen LogP contribution in [-0.4, -0.2) is 46.6 Å². The van der Waals surface area contributed by atoms with E-state index in [0.29, 0.717) is 18.4 Å². The van der Waals surface area contributed by atoms with Gasteiger partial charge in [-0.2, -0.15) is 0 Å². The zero-order valence-corrected chi connectivity index (χ0v) is 16.4. The molecule has 152 valence electrons. The van der Waals surface area contributed by atoms with Crippen LogP contribution < -0.4 is 0 Å². The van der Waals surface area contributed by atoms with E-state index >= 15 is 0 Å². The van der Waals surface area contributed by atoms with Gasteiger partial charge in [-0.15, -0.1) is 0 Å². The number of esters is 1. The highest BCUT2D eigenvalue weighted by Crippen LogP contribution is 2.37. The first-order valence-electron chi connectivity index (χ1n) is 10.1. The first kappa shape index (κ1) is 19.4. The highest BCUT2D eigenvalue weighted by atomic mass is 16.5. The largest absolute Gasteiger partial charge is 0.456 e. The molecule has 2 amide bonds. The second-order valence-electron chi connectivity index (χ2n) is 7.74. The Hall–Kier alpha value is -2.96. The zero-order chi connectivity index (χ0) is 20.5. The van der Waals surface area contributed by atoms with Gasteiger partial charge in [0.25, 0.3) is 0 Å². The van der Waals surface area contributed by atoms with Gasteiger partial charge in [0.2, 0.25) is 17.6 Å². The van der Waals surface area contributed by atoms with E-state index in [1.54, 1.807) is 6.20 Å². The molecule has 2 heterocycles. The molecule has 1 aromatic heterocycles. The summed E-state index contributed by atoms with van der Waals surface area (Å²) in [5.74, 6) is -2.24. The molecule has 1 aliphatic carbocycles. The van der Waals surface area contributed by atoms with Crippen molar-refractivity contribution in [1.29, 1.82) is 0 Å². The van der Waals surface area contributed by atoms with Crippen molar-refractivity contribution in [2.45, 2.75) is 39.0 Å². The molecule has 1 saturated carbocycles. The number of hydrogen-bond acceptors (Lipinski definition) is 5. The second-order valence-corrected chi connectivity index (χ2v) is 7.74. The number of benzene rings is 1. The fraction of sp³-hybridized carbons (Fsp3) is 0.455. The third-order valence-electron chi connectivity index (χ3n) is 6.07. The van der Waals surface area contributed by atoms with Gasteiger partial charge in [0.15, 0.2) is 6.61 Å². The molecular formula is C22H24N2O5. The van der Waals surface area contributed by atoms with Crippen LogP contribution in [0, 0.1) is 11.8 Å². The maximum absolute atomic E-state index is 12.6. The lowest BCUT2D eigenvalue weighted by Crippen LogP contribution is -2.37. The number of nitrogens with one attached hydrogen (secondary N) is 1. The predicted molar refractivity (Wildman–Crippen MR) is 105 cm³/mol. The Kier molecular flexibility index (Phi) is 5.22. The van der Waals surface area contributed by atoms with E-state index < -0.39 is 19.1 Å². The van der Waals surface area contributed by atoms with Crippen molar-refractivity contribution in [3.05, 3.63) is 35.5 Å². The van der Waals surface area contributed by atoms with Gasteiger partial charge in [0.05, 0.1) is 11.8 Å². The van der Waals surface area contributed by atoms with Crippen LogP contribution >= 0.6 is 0 Å². The monoisotopic (exact) mass is 396 g/mol. The minimum absolute atomic E-state index is 0.285. The number of aromatic amines is 1. The minimum Gasteiger partial charge on any atom is -0.456 e. The summed E-state index contributed by atoms with van der Waals surface area (Å²) in [4.78, 5) is 53.8. The lowest BCUT2D eigenvalue weighted by molar-refractivity contribution is -0.152. The lowest BCUT2D eigenvalue weighted by Gasteiger charge is -2.19. The van der Waals surface area contributed by atoms with Crippen LogP contribution in [0.25, 0.3) is 10.9 Å². The van der Waals surface area contributed by atoms with Crippen LogP contribution in [-0.2, 0) is 25.5 Å². The van der Waals surface area contributed by atoms with Gasteiger partial charge in [-0.05, 0) is 24.8 Å². The summed E-state index contributed by atoms with van der Waals surface area (Å²) < 4.78 is 5.10. The molecule has 0 spiro atoms. The topological polar surface area (TPSA) is 96.5 Å². The number of para-hydroxylation sites is 1. The second kappa shape index (κ2) is 7.81. The van der Waals surface area contributed by atoms with Gasteiger partial charge in [0, 0.05) is 22.7 Å². The minimum atomic E-state index is -0.743. The van der Waals surface area contributed by atoms with E-state index in [0.717, 1.165) is 40.6 Å². The Morgan fingerprint density at radius 1 is 1.14 bits per heavy atom. The quantitative estimate of drug-likeness (QED) is 0.460. The van der Waals surface area contributed by atoms with Crippen molar-refractivity contribution >= 4 is 34.5 Å². The van der Waals surface area contributed by atoms with E-state index in [9.17, 15) is 19.2 Å². The highest BCUT2D eigenvalue weighted by molar-refractivity contribution is 6.10. The maximum Gasteiger partial charge on any atom is 0.326 e. The molecule has 1 aliphatic heterocycles. The Morgan fingerprint density at radius 3 is 2.48 bits per heavy atom.